The number of aromatic amines is 2. The Bertz CT molecular complexity index is 826. The fourth-order valence-electron chi connectivity index (χ4n) is 2.75. The summed E-state index contributed by atoms with van der Waals surface area (Å²) in [4.78, 5) is 22.2. The van der Waals surface area contributed by atoms with Crippen LogP contribution in [0.25, 0.3) is 17.5 Å². The second-order valence-electron chi connectivity index (χ2n) is 5.68. The first-order valence-electron chi connectivity index (χ1n) is 8.14. The van der Waals surface area contributed by atoms with E-state index >= 15 is 0 Å². The van der Waals surface area contributed by atoms with Gasteiger partial charge in [0, 0.05) is 24.9 Å². The first-order chi connectivity index (χ1) is 12.2. The molecule has 1 aliphatic heterocycles. The van der Waals surface area contributed by atoms with Gasteiger partial charge in [-0.3, -0.25) is 9.79 Å². The highest BCUT2D eigenvalue weighted by Gasteiger charge is 2.14. The van der Waals surface area contributed by atoms with Crippen LogP contribution < -0.4 is 4.74 Å². The molecule has 3 rings (SSSR count). The number of H-pyrrole nitrogens is 2. The summed E-state index contributed by atoms with van der Waals surface area (Å²) in [6, 6.07) is 5.90. The van der Waals surface area contributed by atoms with Crippen LogP contribution in [0.15, 0.2) is 46.7 Å². The molecule has 0 aromatic carbocycles. The van der Waals surface area contributed by atoms with E-state index in [9.17, 15) is 4.79 Å². The largest absolute Gasteiger partial charge is 0.494 e. The average Bonchev–Trinajstić information content (AvgIpc) is 3.35. The van der Waals surface area contributed by atoms with Crippen LogP contribution in [0.2, 0.25) is 0 Å². The summed E-state index contributed by atoms with van der Waals surface area (Å²) in [6.45, 7) is 0. The van der Waals surface area contributed by atoms with E-state index in [4.69, 9.17) is 4.74 Å². The summed E-state index contributed by atoms with van der Waals surface area (Å²) in [6.07, 6.45) is 9.51. The molecule has 0 atom stereocenters. The number of aromatic nitrogens is 2. The molecule has 6 nitrogen and oxygen atoms in total. The Kier molecular flexibility index (Phi) is 5.18. The van der Waals surface area contributed by atoms with Gasteiger partial charge in [-0.15, -0.1) is 0 Å². The number of methoxy groups -OCH3 is 2. The van der Waals surface area contributed by atoms with Gasteiger partial charge in [-0.1, -0.05) is 0 Å². The highest BCUT2D eigenvalue weighted by molar-refractivity contribution is 5.82. The SMILES string of the molecule is COC(=O)CCCC1=CC=NC1=Cc1[nH]c(-c2ccc[nH]2)cc1OC. The second kappa shape index (κ2) is 7.70. The smallest absolute Gasteiger partial charge is 0.305 e. The van der Waals surface area contributed by atoms with Crippen molar-refractivity contribution < 1.29 is 14.3 Å². The maximum Gasteiger partial charge on any atom is 0.305 e. The molecule has 0 aliphatic carbocycles. The number of esters is 1. The number of hydrogen-bond acceptors (Lipinski definition) is 4. The van der Waals surface area contributed by atoms with Crippen molar-refractivity contribution in [3.8, 4) is 17.1 Å². The Labute approximate surface area is 146 Å². The van der Waals surface area contributed by atoms with Crippen LogP contribution in [-0.4, -0.2) is 36.4 Å². The molecule has 0 saturated heterocycles. The first kappa shape index (κ1) is 16.8. The molecule has 2 aromatic rings. The number of nitrogens with zero attached hydrogens (tertiary/aromatic N) is 1. The number of aliphatic imine (C=N–C) groups is 1. The van der Waals surface area contributed by atoms with Gasteiger partial charge in [-0.25, -0.2) is 0 Å². The minimum absolute atomic E-state index is 0.188. The average molecular weight is 339 g/mol. The standard InChI is InChI=1S/C19H21N3O3/c1-24-18-12-16(14-6-4-9-20-14)22-17(18)11-15-13(8-10-21-15)5-3-7-19(23)25-2/h4,6,8-12,20,22H,3,5,7H2,1-2H3. The molecule has 25 heavy (non-hydrogen) atoms. The zero-order valence-electron chi connectivity index (χ0n) is 14.3. The number of allylic oxidation sites excluding steroid dienone is 2. The van der Waals surface area contributed by atoms with Gasteiger partial charge >= 0.3 is 5.97 Å². The lowest BCUT2D eigenvalue weighted by Crippen LogP contribution is -1.99. The van der Waals surface area contributed by atoms with Crippen molar-refractivity contribution in [3.63, 3.8) is 0 Å². The number of ether oxygens (including phenoxy) is 2. The number of carbonyl (C=O) groups excluding carboxylic acids is 1. The molecule has 0 amide bonds. The van der Waals surface area contributed by atoms with Crippen molar-refractivity contribution in [2.75, 3.05) is 14.2 Å². The topological polar surface area (TPSA) is 79.5 Å². The molecule has 130 valence electrons. The number of hydrogen-bond donors (Lipinski definition) is 2. The molecule has 1 aliphatic rings. The number of carbonyl (C=O) groups is 1. The zero-order chi connectivity index (χ0) is 17.6. The summed E-state index contributed by atoms with van der Waals surface area (Å²) in [5.74, 6) is 0.569. The fourth-order valence-corrected chi connectivity index (χ4v) is 2.75. The number of nitrogens with one attached hydrogen (secondary N) is 2. The quantitative estimate of drug-likeness (QED) is 0.755. The Hall–Kier alpha value is -3.02. The molecule has 0 radical (unpaired) electrons. The Morgan fingerprint density at radius 2 is 2.20 bits per heavy atom. The molecule has 0 saturated carbocycles. The van der Waals surface area contributed by atoms with E-state index in [-0.39, 0.29) is 5.97 Å². The molecule has 0 fully saturated rings. The Morgan fingerprint density at radius 3 is 2.92 bits per heavy atom. The maximum atomic E-state index is 11.2. The van der Waals surface area contributed by atoms with Crippen LogP contribution in [0.4, 0.5) is 0 Å². The van der Waals surface area contributed by atoms with E-state index in [1.54, 1.807) is 13.3 Å². The molecule has 3 heterocycles. The lowest BCUT2D eigenvalue weighted by atomic mass is 10.1. The molecule has 0 spiro atoms. The van der Waals surface area contributed by atoms with E-state index in [2.05, 4.69) is 19.7 Å². The molecular formula is C19H21N3O3. The minimum atomic E-state index is -0.188. The maximum absolute atomic E-state index is 11.2. The summed E-state index contributed by atoms with van der Waals surface area (Å²) in [7, 11) is 3.06. The third-order valence-electron chi connectivity index (χ3n) is 4.07. The van der Waals surface area contributed by atoms with Gasteiger partial charge in [0.05, 0.1) is 37.0 Å². The predicted molar refractivity (Wildman–Crippen MR) is 97.6 cm³/mol. The van der Waals surface area contributed by atoms with E-state index in [1.807, 2.05) is 36.5 Å². The lowest BCUT2D eigenvalue weighted by Gasteiger charge is -2.04. The third kappa shape index (κ3) is 3.91. The summed E-state index contributed by atoms with van der Waals surface area (Å²) >= 11 is 0. The van der Waals surface area contributed by atoms with Crippen molar-refractivity contribution in [2.45, 2.75) is 19.3 Å². The molecule has 2 aromatic heterocycles. The summed E-state index contributed by atoms with van der Waals surface area (Å²) < 4.78 is 10.2. The predicted octanol–water partition coefficient (Wildman–Crippen LogP) is 3.71. The minimum Gasteiger partial charge on any atom is -0.494 e. The van der Waals surface area contributed by atoms with Crippen molar-refractivity contribution >= 4 is 18.3 Å². The van der Waals surface area contributed by atoms with Crippen LogP contribution in [0.1, 0.15) is 25.0 Å². The van der Waals surface area contributed by atoms with Gasteiger partial charge in [-0.05, 0) is 42.7 Å². The van der Waals surface area contributed by atoms with E-state index < -0.39 is 0 Å². The second-order valence-corrected chi connectivity index (χ2v) is 5.68. The monoisotopic (exact) mass is 339 g/mol. The van der Waals surface area contributed by atoms with Gasteiger partial charge in [0.2, 0.25) is 0 Å². The molecule has 6 heteroatoms. The Balaban J connectivity index is 1.76. The van der Waals surface area contributed by atoms with Crippen molar-refractivity contribution in [3.05, 3.63) is 47.4 Å². The van der Waals surface area contributed by atoms with Gasteiger partial charge in [0.15, 0.2) is 0 Å². The van der Waals surface area contributed by atoms with Crippen molar-refractivity contribution in [2.24, 2.45) is 4.99 Å². The summed E-state index contributed by atoms with van der Waals surface area (Å²) in [5.41, 5.74) is 4.78. The zero-order valence-corrected chi connectivity index (χ0v) is 14.3. The van der Waals surface area contributed by atoms with E-state index in [1.165, 1.54) is 7.11 Å². The van der Waals surface area contributed by atoms with Crippen molar-refractivity contribution in [1.29, 1.82) is 0 Å². The summed E-state index contributed by atoms with van der Waals surface area (Å²) in [5, 5.41) is 0. The van der Waals surface area contributed by atoms with Gasteiger partial charge < -0.3 is 19.4 Å². The van der Waals surface area contributed by atoms with E-state index in [0.717, 1.165) is 46.9 Å². The van der Waals surface area contributed by atoms with Crippen molar-refractivity contribution in [1.82, 2.24) is 9.97 Å². The lowest BCUT2D eigenvalue weighted by molar-refractivity contribution is -0.140. The molecule has 0 unspecified atom stereocenters. The van der Waals surface area contributed by atoms with Crippen LogP contribution >= 0.6 is 0 Å². The highest BCUT2D eigenvalue weighted by atomic mass is 16.5. The molecule has 0 bridgehead atoms. The van der Waals surface area contributed by atoms with Gasteiger partial charge in [0.25, 0.3) is 0 Å². The van der Waals surface area contributed by atoms with Crippen LogP contribution in [0.5, 0.6) is 5.75 Å². The number of rotatable bonds is 7. The van der Waals surface area contributed by atoms with Crippen LogP contribution in [-0.2, 0) is 9.53 Å². The third-order valence-corrected chi connectivity index (χ3v) is 4.07. The van der Waals surface area contributed by atoms with Crippen LogP contribution in [0.3, 0.4) is 0 Å². The highest BCUT2D eigenvalue weighted by Crippen LogP contribution is 2.31. The van der Waals surface area contributed by atoms with Crippen LogP contribution in [0, 0.1) is 0 Å². The molecular weight excluding hydrogens is 318 g/mol. The fraction of sp³-hybridized carbons (Fsp3) is 0.263. The normalized spacial score (nSPS) is 14.8. The van der Waals surface area contributed by atoms with Gasteiger partial charge in [0.1, 0.15) is 5.75 Å². The molecule has 2 N–H and O–H groups in total. The Morgan fingerprint density at radius 1 is 1.32 bits per heavy atom. The van der Waals surface area contributed by atoms with E-state index in [0.29, 0.717) is 6.42 Å². The van der Waals surface area contributed by atoms with Gasteiger partial charge in [-0.2, -0.15) is 0 Å². The first-order valence-corrected chi connectivity index (χ1v) is 8.14.